The van der Waals surface area contributed by atoms with Gasteiger partial charge >= 0.3 is 24.3 Å². The molecule has 14 heteroatoms. The summed E-state index contributed by atoms with van der Waals surface area (Å²) in [4.78, 5) is 22.4. The Morgan fingerprint density at radius 1 is 1.21 bits per heavy atom. The van der Waals surface area contributed by atoms with E-state index < -0.39 is 24.3 Å². The van der Waals surface area contributed by atoms with Crippen molar-refractivity contribution in [2.45, 2.75) is 12.4 Å². The summed E-state index contributed by atoms with van der Waals surface area (Å²) in [7, 11) is 1.55. The summed E-state index contributed by atoms with van der Waals surface area (Å²) in [5.74, 6) is -5.14. The average Bonchev–Trinajstić information content (AvgIpc) is 2.85. The molecule has 8 nitrogen and oxygen atoms in total. The summed E-state index contributed by atoms with van der Waals surface area (Å²) >= 11 is 0. The highest BCUT2D eigenvalue weighted by Gasteiger charge is 2.38. The predicted molar refractivity (Wildman–Crippen MR) is 67.2 cm³/mol. The van der Waals surface area contributed by atoms with Gasteiger partial charge in [-0.15, -0.1) is 0 Å². The maximum atomic E-state index is 10.6. The number of halogens is 6. The lowest BCUT2D eigenvalue weighted by Crippen LogP contribution is -2.22. The Kier molecular flexibility index (Phi) is 10.7. The zero-order valence-electron chi connectivity index (χ0n) is 12.1. The molecule has 5 N–H and O–H groups in total. The second kappa shape index (κ2) is 10.6. The van der Waals surface area contributed by atoms with Crippen molar-refractivity contribution in [1.29, 1.82) is 0 Å². The van der Waals surface area contributed by atoms with E-state index in [2.05, 4.69) is 15.3 Å². The Hall–Kier alpha value is -2.09. The Balaban J connectivity index is 0. The van der Waals surface area contributed by atoms with Gasteiger partial charge in [0.2, 0.25) is 0 Å². The normalized spacial score (nSPS) is 18.8. The highest BCUT2D eigenvalue weighted by molar-refractivity contribution is 5.90. The molecule has 1 aliphatic heterocycles. The molecule has 0 amide bonds. The van der Waals surface area contributed by atoms with Gasteiger partial charge in [-0.3, -0.25) is 0 Å². The standard InChI is InChI=1S/C6H13N3O.2C2HF3O2/c1-10-9-6-4-8-3-5(6)2-7;2*3-2(4,5)1(6)7/h5,8H,2-4,7H2,1H3;2*(H,6,7). The molecule has 24 heavy (non-hydrogen) atoms. The van der Waals surface area contributed by atoms with Crippen LogP contribution in [-0.4, -0.2) is 67.0 Å². The van der Waals surface area contributed by atoms with Crippen molar-refractivity contribution >= 4 is 17.7 Å². The highest BCUT2D eigenvalue weighted by atomic mass is 19.4. The number of hydrogen-bond donors (Lipinski definition) is 4. The van der Waals surface area contributed by atoms with Crippen LogP contribution < -0.4 is 11.1 Å². The number of nitrogens with zero attached hydrogens (tertiary/aromatic N) is 1. The lowest BCUT2D eigenvalue weighted by atomic mass is 10.1. The van der Waals surface area contributed by atoms with Crippen LogP contribution in [0.2, 0.25) is 0 Å². The van der Waals surface area contributed by atoms with Gasteiger partial charge in [0.05, 0.1) is 5.71 Å². The van der Waals surface area contributed by atoms with Crippen LogP contribution in [0.5, 0.6) is 0 Å². The Morgan fingerprint density at radius 3 is 1.83 bits per heavy atom. The molecule has 0 aromatic carbocycles. The summed E-state index contributed by atoms with van der Waals surface area (Å²) < 4.78 is 63.5. The zero-order valence-corrected chi connectivity index (χ0v) is 12.1. The Labute approximate surface area is 131 Å². The minimum absolute atomic E-state index is 0.375. The molecule has 1 fully saturated rings. The van der Waals surface area contributed by atoms with Crippen molar-refractivity contribution in [1.82, 2.24) is 5.32 Å². The van der Waals surface area contributed by atoms with Crippen LogP contribution >= 0.6 is 0 Å². The number of carboxylic acid groups (broad SMARTS) is 2. The molecule has 1 heterocycles. The van der Waals surface area contributed by atoms with Gasteiger partial charge in [0, 0.05) is 25.6 Å². The number of aliphatic carboxylic acids is 2. The van der Waals surface area contributed by atoms with Gasteiger partial charge in [-0.25, -0.2) is 9.59 Å². The van der Waals surface area contributed by atoms with Gasteiger partial charge in [0.25, 0.3) is 0 Å². The predicted octanol–water partition coefficient (Wildman–Crippen LogP) is 0.433. The van der Waals surface area contributed by atoms with Crippen molar-refractivity contribution in [2.24, 2.45) is 16.8 Å². The minimum atomic E-state index is -5.08. The molecule has 1 aliphatic rings. The average molecular weight is 371 g/mol. The lowest BCUT2D eigenvalue weighted by Gasteiger charge is -2.03. The number of carboxylic acids is 2. The summed E-state index contributed by atoms with van der Waals surface area (Å²) in [6.07, 6.45) is -10.2. The third-order valence-electron chi connectivity index (χ3n) is 2.15. The molecule has 0 bridgehead atoms. The van der Waals surface area contributed by atoms with Crippen LogP contribution in [0.1, 0.15) is 0 Å². The van der Waals surface area contributed by atoms with Crippen molar-refractivity contribution in [3.05, 3.63) is 0 Å². The molecular weight excluding hydrogens is 356 g/mol. The first-order valence-electron chi connectivity index (χ1n) is 5.88. The van der Waals surface area contributed by atoms with Crippen LogP contribution in [0.3, 0.4) is 0 Å². The topological polar surface area (TPSA) is 134 Å². The minimum Gasteiger partial charge on any atom is -0.475 e. The van der Waals surface area contributed by atoms with Gasteiger partial charge in [-0.1, -0.05) is 5.16 Å². The maximum absolute atomic E-state index is 10.6. The van der Waals surface area contributed by atoms with E-state index in [0.717, 1.165) is 18.8 Å². The van der Waals surface area contributed by atoms with E-state index in [9.17, 15) is 26.3 Å². The molecule has 0 radical (unpaired) electrons. The number of alkyl halides is 6. The first-order chi connectivity index (χ1) is 10.8. The molecule has 1 rings (SSSR count). The second-order valence-corrected chi connectivity index (χ2v) is 3.93. The molecule has 0 aliphatic carbocycles. The van der Waals surface area contributed by atoms with Crippen molar-refractivity contribution in [3.8, 4) is 0 Å². The van der Waals surface area contributed by atoms with Gasteiger partial charge in [-0.2, -0.15) is 26.3 Å². The Morgan fingerprint density at radius 2 is 1.58 bits per heavy atom. The van der Waals surface area contributed by atoms with Gasteiger partial charge in [-0.05, 0) is 0 Å². The zero-order chi connectivity index (χ0) is 19.6. The third-order valence-corrected chi connectivity index (χ3v) is 2.15. The summed E-state index contributed by atoms with van der Waals surface area (Å²) in [5, 5.41) is 21.3. The quantitative estimate of drug-likeness (QED) is 0.409. The van der Waals surface area contributed by atoms with Crippen molar-refractivity contribution in [3.63, 3.8) is 0 Å². The molecule has 0 aromatic rings. The monoisotopic (exact) mass is 371 g/mol. The number of carbonyl (C=O) groups is 2. The molecule has 1 unspecified atom stereocenters. The number of oxime groups is 1. The van der Waals surface area contributed by atoms with Gasteiger partial charge in [0.15, 0.2) is 0 Å². The third kappa shape index (κ3) is 11.5. The van der Waals surface area contributed by atoms with E-state index in [1.54, 1.807) is 7.11 Å². The fourth-order valence-corrected chi connectivity index (χ4v) is 1.08. The highest BCUT2D eigenvalue weighted by Crippen LogP contribution is 2.13. The molecule has 142 valence electrons. The number of hydrogen-bond acceptors (Lipinski definition) is 6. The van der Waals surface area contributed by atoms with E-state index in [-0.39, 0.29) is 0 Å². The summed E-state index contributed by atoms with van der Waals surface area (Å²) in [6.45, 7) is 2.39. The molecular formula is C10H15F6N3O5. The van der Waals surface area contributed by atoms with Crippen LogP contribution in [0.25, 0.3) is 0 Å². The second-order valence-electron chi connectivity index (χ2n) is 3.93. The lowest BCUT2D eigenvalue weighted by molar-refractivity contribution is -0.193. The van der Waals surface area contributed by atoms with E-state index in [1.807, 2.05) is 0 Å². The molecule has 0 aromatic heterocycles. The molecule has 1 atom stereocenters. The van der Waals surface area contributed by atoms with Crippen LogP contribution in [0, 0.1) is 5.92 Å². The molecule has 0 spiro atoms. The summed E-state index contributed by atoms with van der Waals surface area (Å²) in [5.41, 5.74) is 6.51. The Bertz CT molecular complexity index is 414. The van der Waals surface area contributed by atoms with Crippen LogP contribution in [0.4, 0.5) is 26.3 Å². The fraction of sp³-hybridized carbons (Fsp3) is 0.700. The van der Waals surface area contributed by atoms with E-state index >= 15 is 0 Å². The van der Waals surface area contributed by atoms with E-state index in [4.69, 9.17) is 25.5 Å². The van der Waals surface area contributed by atoms with Crippen LogP contribution in [-0.2, 0) is 14.4 Å². The van der Waals surface area contributed by atoms with Crippen molar-refractivity contribution < 1.29 is 51.0 Å². The first kappa shape index (κ1) is 24.2. The van der Waals surface area contributed by atoms with Crippen LogP contribution in [0.15, 0.2) is 5.16 Å². The number of rotatable bonds is 2. The van der Waals surface area contributed by atoms with Gasteiger partial charge in [0.1, 0.15) is 7.11 Å². The SMILES string of the molecule is CON=C1CNCC1CN.O=C(O)C(F)(F)F.O=C(O)C(F)(F)F. The molecule has 1 saturated heterocycles. The van der Waals surface area contributed by atoms with Gasteiger partial charge < -0.3 is 26.1 Å². The maximum Gasteiger partial charge on any atom is 0.490 e. The first-order valence-corrected chi connectivity index (χ1v) is 5.88. The van der Waals surface area contributed by atoms with E-state index in [0.29, 0.717) is 12.5 Å². The number of nitrogens with two attached hydrogens (primary N) is 1. The molecule has 0 saturated carbocycles. The van der Waals surface area contributed by atoms with Crippen molar-refractivity contribution in [2.75, 3.05) is 26.7 Å². The summed E-state index contributed by atoms with van der Waals surface area (Å²) in [6, 6.07) is 0. The number of nitrogens with one attached hydrogen (secondary N) is 1. The smallest absolute Gasteiger partial charge is 0.475 e. The largest absolute Gasteiger partial charge is 0.490 e. The van der Waals surface area contributed by atoms with E-state index in [1.165, 1.54) is 0 Å². The fourth-order valence-electron chi connectivity index (χ4n) is 1.08.